The van der Waals surface area contributed by atoms with E-state index in [1.807, 2.05) is 37.3 Å². The first-order valence-corrected chi connectivity index (χ1v) is 11.6. The standard InChI is InChI=1S/C24H31N3O8/c1-2-3-10-17(22(32)26-18(13-21(30)31)20(29)14-28)25-23(33)19-11-7-12-27(19)24(34)35-15-16-8-5-4-6-9-16/h4-6,8-9,14,17-19H,2-3,7,10-13,15H2,1H3,(H,25,33)(H,26,32)(H,30,31)/t17-,18-,19-/m0/s1. The van der Waals surface area contributed by atoms with E-state index < -0.39 is 54.2 Å². The lowest BCUT2D eigenvalue weighted by Gasteiger charge is -2.26. The Bertz CT molecular complexity index is 921. The first kappa shape index (κ1) is 27.5. The number of hydrogen-bond donors (Lipinski definition) is 3. The summed E-state index contributed by atoms with van der Waals surface area (Å²) in [5.41, 5.74) is 0.804. The first-order valence-electron chi connectivity index (χ1n) is 11.6. The normalized spacial score (nSPS) is 16.6. The smallest absolute Gasteiger partial charge is 0.410 e. The van der Waals surface area contributed by atoms with Gasteiger partial charge in [-0.3, -0.25) is 28.9 Å². The van der Waals surface area contributed by atoms with Crippen LogP contribution in [0, 0.1) is 0 Å². The third-order valence-electron chi connectivity index (χ3n) is 5.63. The van der Waals surface area contributed by atoms with Gasteiger partial charge >= 0.3 is 12.1 Å². The number of aldehydes is 1. The van der Waals surface area contributed by atoms with Crippen LogP contribution in [-0.4, -0.2) is 70.6 Å². The molecule has 1 aliphatic heterocycles. The first-order chi connectivity index (χ1) is 16.8. The van der Waals surface area contributed by atoms with Crippen LogP contribution >= 0.6 is 0 Å². The predicted octanol–water partition coefficient (Wildman–Crippen LogP) is 1.19. The molecule has 11 nitrogen and oxygen atoms in total. The number of carboxylic acids is 1. The van der Waals surface area contributed by atoms with Crippen LogP contribution in [0.2, 0.25) is 0 Å². The third-order valence-corrected chi connectivity index (χ3v) is 5.63. The molecule has 190 valence electrons. The number of aliphatic carboxylic acids is 1. The van der Waals surface area contributed by atoms with Crippen molar-refractivity contribution < 1.29 is 38.6 Å². The predicted molar refractivity (Wildman–Crippen MR) is 123 cm³/mol. The zero-order chi connectivity index (χ0) is 25.8. The zero-order valence-electron chi connectivity index (χ0n) is 19.6. The van der Waals surface area contributed by atoms with Crippen LogP contribution in [0.1, 0.15) is 51.0 Å². The van der Waals surface area contributed by atoms with Crippen molar-refractivity contribution >= 4 is 35.9 Å². The van der Waals surface area contributed by atoms with Crippen molar-refractivity contribution in [3.05, 3.63) is 35.9 Å². The lowest BCUT2D eigenvalue weighted by Crippen LogP contribution is -2.55. The van der Waals surface area contributed by atoms with Gasteiger partial charge in [0.2, 0.25) is 17.6 Å². The van der Waals surface area contributed by atoms with Crippen molar-refractivity contribution in [1.82, 2.24) is 15.5 Å². The van der Waals surface area contributed by atoms with Gasteiger partial charge in [0.15, 0.2) is 6.29 Å². The molecule has 1 fully saturated rings. The van der Waals surface area contributed by atoms with Gasteiger partial charge in [0.1, 0.15) is 24.7 Å². The molecule has 1 aliphatic rings. The highest BCUT2D eigenvalue weighted by Gasteiger charge is 2.37. The quantitative estimate of drug-likeness (QED) is 0.275. The second-order valence-electron chi connectivity index (χ2n) is 8.27. The summed E-state index contributed by atoms with van der Waals surface area (Å²) in [5.74, 6) is -3.77. The number of hydrogen-bond acceptors (Lipinski definition) is 7. The minimum absolute atomic E-state index is 0.0506. The second kappa shape index (κ2) is 13.8. The Labute approximate surface area is 203 Å². The molecule has 11 heteroatoms. The van der Waals surface area contributed by atoms with Gasteiger partial charge in [-0.05, 0) is 24.8 Å². The maximum absolute atomic E-state index is 13.0. The van der Waals surface area contributed by atoms with Crippen molar-refractivity contribution in [2.45, 2.75) is 70.2 Å². The van der Waals surface area contributed by atoms with Gasteiger partial charge in [-0.15, -0.1) is 0 Å². The number of Topliss-reactive ketones (excluding diaryl/α,β-unsaturated/α-hetero) is 1. The van der Waals surface area contributed by atoms with E-state index in [1.165, 1.54) is 4.90 Å². The fraction of sp³-hybridized carbons (Fsp3) is 0.500. The van der Waals surface area contributed by atoms with E-state index in [1.54, 1.807) is 0 Å². The van der Waals surface area contributed by atoms with Crippen molar-refractivity contribution in [1.29, 1.82) is 0 Å². The average molecular weight is 490 g/mol. The molecule has 1 heterocycles. The zero-order valence-corrected chi connectivity index (χ0v) is 19.6. The average Bonchev–Trinajstić information content (AvgIpc) is 3.34. The number of likely N-dealkylation sites (tertiary alicyclic amines) is 1. The molecule has 0 aromatic heterocycles. The van der Waals surface area contributed by atoms with Crippen LogP contribution in [0.5, 0.6) is 0 Å². The highest BCUT2D eigenvalue weighted by atomic mass is 16.6. The molecule has 0 unspecified atom stereocenters. The molecule has 1 aromatic rings. The van der Waals surface area contributed by atoms with Crippen molar-refractivity contribution in [2.75, 3.05) is 6.54 Å². The topological polar surface area (TPSA) is 159 Å². The Morgan fingerprint density at radius 1 is 1.14 bits per heavy atom. The Hall–Kier alpha value is -3.76. The lowest BCUT2D eigenvalue weighted by molar-refractivity contribution is -0.141. The van der Waals surface area contributed by atoms with E-state index in [-0.39, 0.29) is 19.3 Å². The summed E-state index contributed by atoms with van der Waals surface area (Å²) in [4.78, 5) is 73.3. The van der Waals surface area contributed by atoms with Crippen LogP contribution < -0.4 is 10.6 Å². The minimum Gasteiger partial charge on any atom is -0.481 e. The highest BCUT2D eigenvalue weighted by Crippen LogP contribution is 2.20. The molecule has 1 saturated heterocycles. The van der Waals surface area contributed by atoms with Gasteiger partial charge in [-0.25, -0.2) is 4.79 Å². The molecule has 0 saturated carbocycles. The number of carbonyl (C=O) groups excluding carboxylic acids is 5. The summed E-state index contributed by atoms with van der Waals surface area (Å²) in [5, 5.41) is 13.8. The van der Waals surface area contributed by atoms with Crippen LogP contribution in [0.25, 0.3) is 0 Å². The molecular weight excluding hydrogens is 458 g/mol. The third kappa shape index (κ3) is 8.51. The largest absolute Gasteiger partial charge is 0.481 e. The molecule has 0 spiro atoms. The second-order valence-corrected chi connectivity index (χ2v) is 8.27. The van der Waals surface area contributed by atoms with E-state index in [0.717, 1.165) is 5.56 Å². The molecule has 3 atom stereocenters. The number of carboxylic acid groups (broad SMARTS) is 1. The fourth-order valence-corrected chi connectivity index (χ4v) is 3.76. The summed E-state index contributed by atoms with van der Waals surface area (Å²) >= 11 is 0. The number of rotatable bonds is 13. The van der Waals surface area contributed by atoms with Crippen LogP contribution in [0.4, 0.5) is 4.79 Å². The summed E-state index contributed by atoms with van der Waals surface area (Å²) in [6, 6.07) is 5.67. The number of ketones is 1. The number of benzene rings is 1. The van der Waals surface area contributed by atoms with Gasteiger partial charge in [-0.2, -0.15) is 0 Å². The SMILES string of the molecule is CCCC[C@H](NC(=O)[C@@H]1CCCN1C(=O)OCc1ccccc1)C(=O)N[C@@H](CC(=O)O)C(=O)C=O. The van der Waals surface area contributed by atoms with E-state index in [0.29, 0.717) is 32.2 Å². The summed E-state index contributed by atoms with van der Waals surface area (Å²) in [7, 11) is 0. The highest BCUT2D eigenvalue weighted by molar-refractivity contribution is 6.28. The van der Waals surface area contributed by atoms with Crippen molar-refractivity contribution in [3.63, 3.8) is 0 Å². The van der Waals surface area contributed by atoms with Gasteiger partial charge in [0.05, 0.1) is 6.42 Å². The van der Waals surface area contributed by atoms with E-state index >= 15 is 0 Å². The molecule has 3 N–H and O–H groups in total. The van der Waals surface area contributed by atoms with Gasteiger partial charge in [0, 0.05) is 6.54 Å². The monoisotopic (exact) mass is 489 g/mol. The van der Waals surface area contributed by atoms with Gasteiger partial charge in [0.25, 0.3) is 0 Å². The van der Waals surface area contributed by atoms with E-state index in [4.69, 9.17) is 9.84 Å². The summed E-state index contributed by atoms with van der Waals surface area (Å²) in [6.07, 6.45) is 1.03. The molecule has 35 heavy (non-hydrogen) atoms. The van der Waals surface area contributed by atoms with Crippen molar-refractivity contribution in [2.24, 2.45) is 0 Å². The van der Waals surface area contributed by atoms with Crippen LogP contribution in [-0.2, 0) is 35.3 Å². The van der Waals surface area contributed by atoms with Gasteiger partial charge in [-0.1, -0.05) is 50.1 Å². The fourth-order valence-electron chi connectivity index (χ4n) is 3.76. The van der Waals surface area contributed by atoms with Crippen LogP contribution in [0.3, 0.4) is 0 Å². The number of ether oxygens (including phenoxy) is 1. The number of unbranched alkanes of at least 4 members (excludes halogenated alkanes) is 1. The maximum Gasteiger partial charge on any atom is 0.410 e. The number of carbonyl (C=O) groups is 6. The molecule has 0 aliphatic carbocycles. The number of nitrogens with zero attached hydrogens (tertiary/aromatic N) is 1. The lowest BCUT2D eigenvalue weighted by atomic mass is 10.1. The molecule has 0 radical (unpaired) electrons. The number of nitrogens with one attached hydrogen (secondary N) is 2. The summed E-state index contributed by atoms with van der Waals surface area (Å²) in [6.45, 7) is 2.27. The molecule has 1 aromatic carbocycles. The Morgan fingerprint density at radius 2 is 1.86 bits per heavy atom. The molecule has 2 rings (SSSR count). The van der Waals surface area contributed by atoms with Crippen molar-refractivity contribution in [3.8, 4) is 0 Å². The Kier molecular flexibility index (Phi) is 10.9. The Balaban J connectivity index is 2.04. The number of amides is 3. The maximum atomic E-state index is 13.0. The van der Waals surface area contributed by atoms with E-state index in [2.05, 4.69) is 10.6 Å². The van der Waals surface area contributed by atoms with Crippen LogP contribution in [0.15, 0.2) is 30.3 Å². The molecule has 0 bridgehead atoms. The molecule has 3 amide bonds. The minimum atomic E-state index is -1.53. The van der Waals surface area contributed by atoms with E-state index in [9.17, 15) is 28.8 Å². The molecular formula is C24H31N3O8. The Morgan fingerprint density at radius 3 is 2.49 bits per heavy atom. The van der Waals surface area contributed by atoms with Gasteiger partial charge < -0.3 is 20.5 Å². The summed E-state index contributed by atoms with van der Waals surface area (Å²) < 4.78 is 5.34.